The second kappa shape index (κ2) is 12.1. The predicted octanol–water partition coefficient (Wildman–Crippen LogP) is 5.93. The van der Waals surface area contributed by atoms with Crippen LogP contribution in [0.25, 0.3) is 0 Å². The van der Waals surface area contributed by atoms with Gasteiger partial charge >= 0.3 is 5.97 Å². The molecule has 5 aliphatic rings. The quantitative estimate of drug-likeness (QED) is 0.319. The number of tetrazole rings is 1. The predicted molar refractivity (Wildman–Crippen MR) is 192 cm³/mol. The summed E-state index contributed by atoms with van der Waals surface area (Å²) in [6.45, 7) is 23.4. The standard InChI is InChI=1S/C39H64N6O5/c1-22(2)24(5)34(6)15-16-36(8)25-13-14-28-35(7)19-49-21-39(28,26(25)17-29(46)38(36,10)30(34)32(47)48)18-27(45-42-33(40)41-43-45)31(35)50-20-37(9,23(3)4)44(11)12/h17,22-25,27-28,30-31H,13-16,18-21H2,1-12H3,(H2,40,42)(H,47,48)/t24-,25+,27-,28+,30-,31+,34-,35+,36-,37+,38+,39?/m1/s1. The zero-order chi connectivity index (χ0) is 37.0. The van der Waals surface area contributed by atoms with Gasteiger partial charge < -0.3 is 25.2 Å². The lowest BCUT2D eigenvalue weighted by molar-refractivity contribution is -0.254. The number of hydrogen-bond acceptors (Lipinski definition) is 9. The van der Waals surface area contributed by atoms with Crippen molar-refractivity contribution in [3.05, 3.63) is 11.6 Å². The molecule has 1 aromatic rings. The first kappa shape index (κ1) is 37.4. The van der Waals surface area contributed by atoms with E-state index in [4.69, 9.17) is 15.2 Å². The maximum Gasteiger partial charge on any atom is 0.308 e. The number of carbonyl (C=O) groups excluding carboxylic acids is 1. The highest BCUT2D eigenvalue weighted by atomic mass is 16.5. The van der Waals surface area contributed by atoms with Gasteiger partial charge in [0.1, 0.15) is 6.04 Å². The van der Waals surface area contributed by atoms with Gasteiger partial charge in [-0.05, 0) is 105 Å². The zero-order valence-corrected chi connectivity index (χ0v) is 32.7. The first-order valence-electron chi connectivity index (χ1n) is 19.1. The molecule has 1 unspecified atom stereocenters. The minimum Gasteiger partial charge on any atom is -0.481 e. The highest BCUT2D eigenvalue weighted by Crippen LogP contribution is 2.74. The minimum atomic E-state index is -1.04. The van der Waals surface area contributed by atoms with Gasteiger partial charge in [0.2, 0.25) is 0 Å². The first-order chi connectivity index (χ1) is 23.1. The number of aliphatic carboxylic acids is 1. The van der Waals surface area contributed by atoms with Crippen molar-refractivity contribution < 1.29 is 24.2 Å². The Bertz CT molecular complexity index is 1530. The number of ether oxygens (including phenoxy) is 2. The summed E-state index contributed by atoms with van der Waals surface area (Å²) in [4.78, 5) is 32.4. The number of nitrogen functional groups attached to an aromatic ring is 1. The first-order valence-corrected chi connectivity index (χ1v) is 19.1. The fourth-order valence-corrected chi connectivity index (χ4v) is 12.3. The van der Waals surface area contributed by atoms with Crippen molar-refractivity contribution in [1.29, 1.82) is 0 Å². The summed E-state index contributed by atoms with van der Waals surface area (Å²) in [7, 11) is 4.21. The lowest BCUT2D eigenvalue weighted by atomic mass is 9.34. The largest absolute Gasteiger partial charge is 0.481 e. The van der Waals surface area contributed by atoms with Gasteiger partial charge in [-0.2, -0.15) is 4.80 Å². The average molecular weight is 697 g/mol. The number of aromatic nitrogens is 4. The molecule has 280 valence electrons. The van der Waals surface area contributed by atoms with Crippen LogP contribution in [0.5, 0.6) is 0 Å². The van der Waals surface area contributed by atoms with Gasteiger partial charge in [-0.3, -0.25) is 9.59 Å². The lowest BCUT2D eigenvalue weighted by Crippen LogP contribution is -2.70. The van der Waals surface area contributed by atoms with Gasteiger partial charge in [0.25, 0.3) is 5.95 Å². The van der Waals surface area contributed by atoms with E-state index >= 15 is 4.79 Å². The van der Waals surface area contributed by atoms with Crippen LogP contribution in [0.2, 0.25) is 0 Å². The van der Waals surface area contributed by atoms with Crippen molar-refractivity contribution in [1.82, 2.24) is 25.1 Å². The SMILES string of the molecule is CC(C)[C@@H](C)[C@@]1(C)CC[C@]2(C)[C@H]3CC[C@@H]4C5(COC[C@]4(C)[C@@H](OC[C@@](C)(C(C)C)N(C)C)[C@H](n4nnc(N)n4)C5)C3=CC(=O)[C@@]2(C)[C@@H]1C(=O)O. The number of fused-ring (bicyclic) bond motifs is 3. The van der Waals surface area contributed by atoms with E-state index in [2.05, 4.69) is 96.7 Å². The average Bonchev–Trinajstić information content (AvgIpc) is 3.46. The van der Waals surface area contributed by atoms with Crippen LogP contribution in [-0.4, -0.2) is 87.5 Å². The highest BCUT2D eigenvalue weighted by Gasteiger charge is 2.74. The van der Waals surface area contributed by atoms with E-state index < -0.39 is 39.0 Å². The Kier molecular flexibility index (Phi) is 9.04. The molecule has 3 saturated carbocycles. The number of carboxylic acids is 1. The van der Waals surface area contributed by atoms with Crippen LogP contribution in [0.4, 0.5) is 5.95 Å². The summed E-state index contributed by atoms with van der Waals surface area (Å²) in [6.07, 6.45) is 5.69. The van der Waals surface area contributed by atoms with Gasteiger partial charge in [-0.15, -0.1) is 5.10 Å². The van der Waals surface area contributed by atoms with Crippen LogP contribution in [0.15, 0.2) is 11.6 Å². The number of anilines is 1. The lowest BCUT2D eigenvalue weighted by Gasteiger charge is -2.70. The van der Waals surface area contributed by atoms with Gasteiger partial charge in [-0.1, -0.05) is 73.0 Å². The van der Waals surface area contributed by atoms with E-state index in [0.29, 0.717) is 38.1 Å². The number of nitrogens with zero attached hydrogens (tertiary/aromatic N) is 5. The van der Waals surface area contributed by atoms with Gasteiger partial charge in [-0.25, -0.2) is 0 Å². The Morgan fingerprint density at radius 2 is 1.82 bits per heavy atom. The Labute approximate surface area is 299 Å². The van der Waals surface area contributed by atoms with Crippen molar-refractivity contribution in [2.75, 3.05) is 39.6 Å². The summed E-state index contributed by atoms with van der Waals surface area (Å²) in [6, 6.07) is -0.285. The van der Waals surface area contributed by atoms with E-state index in [1.807, 2.05) is 13.0 Å². The summed E-state index contributed by atoms with van der Waals surface area (Å²) in [5, 5.41) is 24.1. The van der Waals surface area contributed by atoms with E-state index in [0.717, 1.165) is 31.3 Å². The number of ketones is 1. The second-order valence-corrected chi connectivity index (χ2v) is 19.1. The van der Waals surface area contributed by atoms with Crippen LogP contribution >= 0.6 is 0 Å². The molecule has 12 atom stereocenters. The number of carbonyl (C=O) groups is 2. The van der Waals surface area contributed by atoms with Crippen molar-refractivity contribution in [2.24, 2.45) is 62.6 Å². The van der Waals surface area contributed by atoms with Crippen molar-refractivity contribution in [2.45, 2.75) is 119 Å². The van der Waals surface area contributed by atoms with E-state index in [1.54, 1.807) is 4.80 Å². The third-order valence-electron chi connectivity index (χ3n) is 16.5. The molecule has 2 bridgehead atoms. The molecule has 4 aliphatic carbocycles. The molecule has 50 heavy (non-hydrogen) atoms. The van der Waals surface area contributed by atoms with Crippen LogP contribution < -0.4 is 5.73 Å². The molecule has 1 aliphatic heterocycles. The van der Waals surface area contributed by atoms with Crippen molar-refractivity contribution >= 4 is 17.7 Å². The molecule has 0 amide bonds. The molecule has 11 nitrogen and oxygen atoms in total. The molecule has 2 heterocycles. The maximum atomic E-state index is 15.0. The van der Waals surface area contributed by atoms with Crippen LogP contribution in [0.1, 0.15) is 107 Å². The summed E-state index contributed by atoms with van der Waals surface area (Å²) < 4.78 is 13.8. The third kappa shape index (κ3) is 4.87. The Morgan fingerprint density at radius 3 is 2.38 bits per heavy atom. The molecule has 11 heteroatoms. The minimum absolute atomic E-state index is 0.0421. The number of nitrogens with two attached hydrogens (primary N) is 1. The molecular formula is C39H64N6O5. The maximum absolute atomic E-state index is 15.0. The molecule has 4 fully saturated rings. The van der Waals surface area contributed by atoms with E-state index in [9.17, 15) is 9.90 Å². The molecular weight excluding hydrogens is 632 g/mol. The molecule has 6 rings (SSSR count). The normalized spacial score (nSPS) is 43.1. The number of likely N-dealkylation sites (N-methyl/N-ethyl adjacent to an activating group) is 1. The number of rotatable bonds is 9. The van der Waals surface area contributed by atoms with Crippen LogP contribution in [0.3, 0.4) is 0 Å². The molecule has 1 saturated heterocycles. The Balaban J connectivity index is 1.47. The van der Waals surface area contributed by atoms with Crippen molar-refractivity contribution in [3.8, 4) is 0 Å². The molecule has 0 aromatic carbocycles. The molecule has 0 radical (unpaired) electrons. The number of allylic oxidation sites excluding steroid dienone is 1. The van der Waals surface area contributed by atoms with Gasteiger partial charge in [0.05, 0.1) is 31.8 Å². The topological polar surface area (TPSA) is 146 Å². The van der Waals surface area contributed by atoms with E-state index in [1.165, 1.54) is 0 Å². The fraction of sp³-hybridized carbons (Fsp3) is 0.872. The van der Waals surface area contributed by atoms with Crippen molar-refractivity contribution in [3.63, 3.8) is 0 Å². The summed E-state index contributed by atoms with van der Waals surface area (Å²) in [5.41, 5.74) is 4.07. The van der Waals surface area contributed by atoms with Crippen LogP contribution in [0, 0.1) is 62.6 Å². The summed E-state index contributed by atoms with van der Waals surface area (Å²) in [5.74, 6) is -0.518. The zero-order valence-electron chi connectivity index (χ0n) is 32.7. The second-order valence-electron chi connectivity index (χ2n) is 19.1. The Hall–Kier alpha value is -2.37. The molecule has 1 aromatic heterocycles. The Morgan fingerprint density at radius 1 is 1.14 bits per heavy atom. The van der Waals surface area contributed by atoms with Crippen LogP contribution in [-0.2, 0) is 19.1 Å². The highest BCUT2D eigenvalue weighted by molar-refractivity contribution is 6.00. The smallest absolute Gasteiger partial charge is 0.308 e. The molecule has 3 N–H and O–H groups in total. The summed E-state index contributed by atoms with van der Waals surface area (Å²) >= 11 is 0. The fourth-order valence-electron chi connectivity index (χ4n) is 12.3. The van der Waals surface area contributed by atoms with Gasteiger partial charge in [0.15, 0.2) is 5.78 Å². The van der Waals surface area contributed by atoms with E-state index in [-0.39, 0.29) is 47.2 Å². The number of hydrogen-bond donors (Lipinski definition) is 2. The third-order valence-corrected chi connectivity index (χ3v) is 16.5. The van der Waals surface area contributed by atoms with Gasteiger partial charge in [0, 0.05) is 21.8 Å². The number of carboxylic acid groups (broad SMARTS) is 1. The molecule has 0 spiro atoms. The monoisotopic (exact) mass is 696 g/mol.